The van der Waals surface area contributed by atoms with Crippen molar-refractivity contribution >= 4 is 40.7 Å². The number of halogens is 1. The molecule has 0 aliphatic carbocycles. The Morgan fingerprint density at radius 2 is 2.03 bits per heavy atom. The highest BCUT2D eigenvalue weighted by Crippen LogP contribution is 2.43. The lowest BCUT2D eigenvalue weighted by Crippen LogP contribution is -2.63. The van der Waals surface area contributed by atoms with Gasteiger partial charge >= 0.3 is 0 Å². The van der Waals surface area contributed by atoms with Crippen LogP contribution in [-0.2, 0) is 9.59 Å². The Labute approximate surface area is 172 Å². The summed E-state index contributed by atoms with van der Waals surface area (Å²) in [6.07, 6.45) is 0.748. The average Bonchev–Trinajstić information content (AvgIpc) is 3.02. The normalized spacial score (nSPS) is 20.2. The van der Waals surface area contributed by atoms with E-state index < -0.39 is 11.6 Å². The van der Waals surface area contributed by atoms with Crippen LogP contribution in [0.5, 0.6) is 0 Å². The highest BCUT2D eigenvalue weighted by atomic mass is 35.5. The number of anilines is 2. The predicted molar refractivity (Wildman–Crippen MR) is 107 cm³/mol. The van der Waals surface area contributed by atoms with Crippen LogP contribution in [-0.4, -0.2) is 34.8 Å². The number of benzene rings is 2. The predicted octanol–water partition coefficient (Wildman–Crippen LogP) is 3.15. The molecule has 4 rings (SSSR count). The average molecular weight is 409 g/mol. The van der Waals surface area contributed by atoms with Crippen LogP contribution >= 0.6 is 11.6 Å². The van der Waals surface area contributed by atoms with Gasteiger partial charge in [0.25, 0.3) is 5.91 Å². The van der Waals surface area contributed by atoms with Gasteiger partial charge in [-0.05, 0) is 43.7 Å². The molecule has 3 amide bonds. The Balaban J connectivity index is 1.63. The summed E-state index contributed by atoms with van der Waals surface area (Å²) in [6, 6.07) is 13.5. The lowest BCUT2D eigenvalue weighted by atomic mass is 9.98. The number of fused-ring (bicyclic) bond motifs is 3. The minimum Gasteiger partial charge on any atom is -0.325 e. The maximum Gasteiger partial charge on any atom is 0.258 e. The van der Waals surface area contributed by atoms with Crippen LogP contribution in [0.25, 0.3) is 0 Å². The number of nitrogens with zero attached hydrogens (tertiary/aromatic N) is 3. The first-order valence-corrected chi connectivity index (χ1v) is 9.46. The summed E-state index contributed by atoms with van der Waals surface area (Å²) >= 11 is 5.92. The zero-order valence-electron chi connectivity index (χ0n) is 15.6. The van der Waals surface area contributed by atoms with Crippen molar-refractivity contribution < 1.29 is 14.4 Å². The van der Waals surface area contributed by atoms with Gasteiger partial charge in [0, 0.05) is 12.1 Å². The molecule has 29 heavy (non-hydrogen) atoms. The molecule has 8 heteroatoms. The number of rotatable bonds is 3. The van der Waals surface area contributed by atoms with Crippen LogP contribution in [0, 0.1) is 11.3 Å². The Morgan fingerprint density at radius 3 is 2.79 bits per heavy atom. The van der Waals surface area contributed by atoms with E-state index in [0.717, 1.165) is 0 Å². The Morgan fingerprint density at radius 1 is 1.28 bits per heavy atom. The fourth-order valence-corrected chi connectivity index (χ4v) is 4.13. The van der Waals surface area contributed by atoms with E-state index in [1.807, 2.05) is 6.07 Å². The molecular formula is C21H17ClN4O3. The molecule has 2 heterocycles. The number of carbonyl (C=O) groups excluding carboxylic acids is 3. The van der Waals surface area contributed by atoms with Crippen molar-refractivity contribution in [1.29, 1.82) is 5.26 Å². The molecule has 1 unspecified atom stereocenters. The van der Waals surface area contributed by atoms with Crippen molar-refractivity contribution in [2.45, 2.75) is 25.4 Å². The number of hydrogen-bond donors (Lipinski definition) is 1. The third-order valence-electron chi connectivity index (χ3n) is 5.42. The Bertz CT molecular complexity index is 1090. The minimum atomic E-state index is -0.905. The summed E-state index contributed by atoms with van der Waals surface area (Å²) in [6.45, 7) is 1.58. The summed E-state index contributed by atoms with van der Waals surface area (Å²) in [4.78, 5) is 41.5. The molecule has 0 bridgehead atoms. The highest BCUT2D eigenvalue weighted by molar-refractivity contribution is 6.31. The number of hydrogen-bond acceptors (Lipinski definition) is 4. The molecule has 2 aromatic carbocycles. The van der Waals surface area contributed by atoms with Gasteiger partial charge in [0.15, 0.2) is 0 Å². The van der Waals surface area contributed by atoms with Crippen molar-refractivity contribution in [2.24, 2.45) is 0 Å². The van der Waals surface area contributed by atoms with Crippen molar-refractivity contribution in [1.82, 2.24) is 4.90 Å². The minimum absolute atomic E-state index is 0.0748. The van der Waals surface area contributed by atoms with E-state index in [1.54, 1.807) is 42.2 Å². The molecule has 2 aliphatic rings. The monoisotopic (exact) mass is 408 g/mol. The fraction of sp³-hybridized carbons (Fsp3) is 0.238. The molecule has 0 aromatic heterocycles. The van der Waals surface area contributed by atoms with Gasteiger partial charge in [-0.25, -0.2) is 0 Å². The first-order valence-electron chi connectivity index (χ1n) is 9.09. The van der Waals surface area contributed by atoms with E-state index in [2.05, 4.69) is 5.32 Å². The molecular weight excluding hydrogens is 392 g/mol. The van der Waals surface area contributed by atoms with Gasteiger partial charge in [-0.2, -0.15) is 5.26 Å². The highest BCUT2D eigenvalue weighted by Gasteiger charge is 2.53. The SMILES string of the molecule is CC12CCC(=O)N1c1ccccc1C(=O)N2CC(=O)Nc1ccc(Cl)c(C#N)c1. The van der Waals surface area contributed by atoms with E-state index in [-0.39, 0.29) is 23.9 Å². The summed E-state index contributed by atoms with van der Waals surface area (Å²) in [5, 5.41) is 12.1. The largest absolute Gasteiger partial charge is 0.325 e. The Hall–Kier alpha value is -3.37. The summed E-state index contributed by atoms with van der Waals surface area (Å²) < 4.78 is 0. The molecule has 7 nitrogen and oxygen atoms in total. The van der Waals surface area contributed by atoms with E-state index in [9.17, 15) is 14.4 Å². The summed E-state index contributed by atoms with van der Waals surface area (Å²) in [7, 11) is 0. The van der Waals surface area contributed by atoms with Crippen LogP contribution in [0.1, 0.15) is 35.7 Å². The standard InChI is InChI=1S/C21H17ClN4O3/c1-21-9-8-19(28)26(21)17-5-3-2-4-15(17)20(29)25(21)12-18(27)24-14-6-7-16(22)13(10-14)11-23/h2-7,10H,8-9,12H2,1H3,(H,24,27). The molecule has 1 N–H and O–H groups in total. The number of carbonyl (C=O) groups is 3. The number of amides is 3. The van der Waals surface area contributed by atoms with Crippen LogP contribution < -0.4 is 10.2 Å². The molecule has 2 aliphatic heterocycles. The lowest BCUT2D eigenvalue weighted by Gasteiger charge is -2.48. The van der Waals surface area contributed by atoms with Gasteiger partial charge in [-0.3, -0.25) is 19.3 Å². The third-order valence-corrected chi connectivity index (χ3v) is 5.75. The second-order valence-corrected chi connectivity index (χ2v) is 7.62. The third kappa shape index (κ3) is 3.02. The lowest BCUT2D eigenvalue weighted by molar-refractivity contribution is -0.120. The van der Waals surface area contributed by atoms with Crippen molar-refractivity contribution in [3.8, 4) is 6.07 Å². The quantitative estimate of drug-likeness (QED) is 0.844. The summed E-state index contributed by atoms with van der Waals surface area (Å²) in [5.74, 6) is -0.795. The molecule has 2 aromatic rings. The smallest absolute Gasteiger partial charge is 0.258 e. The van der Waals surface area contributed by atoms with Crippen LogP contribution in [0.2, 0.25) is 5.02 Å². The van der Waals surface area contributed by atoms with Gasteiger partial charge in [-0.1, -0.05) is 23.7 Å². The maximum atomic E-state index is 13.2. The van der Waals surface area contributed by atoms with E-state index in [1.165, 1.54) is 17.0 Å². The first-order chi connectivity index (χ1) is 13.8. The van der Waals surface area contributed by atoms with E-state index in [4.69, 9.17) is 16.9 Å². The molecule has 1 fully saturated rings. The molecule has 1 saturated heterocycles. The van der Waals surface area contributed by atoms with Gasteiger partial charge < -0.3 is 10.2 Å². The zero-order valence-corrected chi connectivity index (χ0v) is 16.4. The summed E-state index contributed by atoms with van der Waals surface area (Å²) in [5.41, 5.74) is 0.719. The van der Waals surface area contributed by atoms with Gasteiger partial charge in [0.2, 0.25) is 11.8 Å². The van der Waals surface area contributed by atoms with Gasteiger partial charge in [-0.15, -0.1) is 0 Å². The first kappa shape index (κ1) is 19.0. The molecule has 1 atom stereocenters. The van der Waals surface area contributed by atoms with Gasteiger partial charge in [0.05, 0.1) is 21.8 Å². The number of nitrogens with one attached hydrogen (secondary N) is 1. The van der Waals surface area contributed by atoms with Gasteiger partial charge in [0.1, 0.15) is 18.3 Å². The van der Waals surface area contributed by atoms with Crippen molar-refractivity contribution in [3.05, 3.63) is 58.6 Å². The molecule has 0 saturated carbocycles. The zero-order chi connectivity index (χ0) is 20.8. The van der Waals surface area contributed by atoms with Crippen LogP contribution in [0.3, 0.4) is 0 Å². The topological polar surface area (TPSA) is 93.5 Å². The van der Waals surface area contributed by atoms with Crippen molar-refractivity contribution in [2.75, 3.05) is 16.8 Å². The fourth-order valence-electron chi connectivity index (χ4n) is 3.97. The second kappa shape index (κ2) is 6.90. The van der Waals surface area contributed by atoms with Crippen molar-refractivity contribution in [3.63, 3.8) is 0 Å². The maximum absolute atomic E-state index is 13.2. The van der Waals surface area contributed by atoms with Crippen LogP contribution in [0.4, 0.5) is 11.4 Å². The number of nitriles is 1. The van der Waals surface area contributed by atoms with Crippen LogP contribution in [0.15, 0.2) is 42.5 Å². The molecule has 0 radical (unpaired) electrons. The van der Waals surface area contributed by atoms with E-state index >= 15 is 0 Å². The molecule has 0 spiro atoms. The number of para-hydroxylation sites is 1. The Kier molecular flexibility index (Phi) is 4.52. The molecule has 146 valence electrons. The second-order valence-electron chi connectivity index (χ2n) is 7.21. The van der Waals surface area contributed by atoms with E-state index in [0.29, 0.717) is 34.8 Å².